The fourth-order valence-corrected chi connectivity index (χ4v) is 5.02. The van der Waals surface area contributed by atoms with Crippen LogP contribution in [-0.2, 0) is 23.1 Å². The number of aromatic nitrogens is 3. The fourth-order valence-electron chi connectivity index (χ4n) is 3.70. The molecule has 0 aliphatic rings. The van der Waals surface area contributed by atoms with Gasteiger partial charge >= 0.3 is 0 Å². The van der Waals surface area contributed by atoms with E-state index in [9.17, 15) is 8.42 Å². The number of anilines is 2. The summed E-state index contributed by atoms with van der Waals surface area (Å²) in [6.45, 7) is 0.546. The third-order valence-electron chi connectivity index (χ3n) is 5.71. The van der Waals surface area contributed by atoms with Crippen LogP contribution < -0.4 is 29.6 Å². The van der Waals surface area contributed by atoms with Crippen molar-refractivity contribution in [3.8, 4) is 23.0 Å². The highest BCUT2D eigenvalue weighted by Crippen LogP contribution is 2.29. The molecule has 0 aliphatic carbocycles. The molecule has 0 radical (unpaired) electrons. The van der Waals surface area contributed by atoms with Gasteiger partial charge in [0.05, 0.1) is 33.3 Å². The molecule has 0 aliphatic heterocycles. The topological polar surface area (TPSA) is 126 Å². The van der Waals surface area contributed by atoms with Gasteiger partial charge in [-0.15, -0.1) is 9.19 Å². The Morgan fingerprint density at radius 2 is 1.26 bits per heavy atom. The van der Waals surface area contributed by atoms with Crippen molar-refractivity contribution in [1.29, 1.82) is 0 Å². The molecule has 4 aromatic rings. The van der Waals surface area contributed by atoms with E-state index in [4.69, 9.17) is 30.5 Å². The van der Waals surface area contributed by atoms with Crippen molar-refractivity contribution >= 4 is 33.5 Å². The highest BCUT2D eigenvalue weighted by Gasteiger charge is 2.24. The molecule has 2 N–H and O–H groups in total. The van der Waals surface area contributed by atoms with Gasteiger partial charge in [0, 0.05) is 18.1 Å². The molecule has 0 atom stereocenters. The second-order valence-corrected chi connectivity index (χ2v) is 10.4. The van der Waals surface area contributed by atoms with Crippen LogP contribution in [0.4, 0.5) is 11.9 Å². The standard InChI is InChI=1S/C26H28ClN5O6S/c1-35-21-11-5-17(13-23(21)37-3)15-28-25-30-26(29-16-18-6-12-22(36-2)24(14-18)38-4)32(31-25)39(33,34)20-9-7-19(27)8-10-20/h5-14H,15-16H2,1-4H3,(H2,28,29,30,31). The first-order valence-electron chi connectivity index (χ1n) is 11.7. The number of hydrogen-bond donors (Lipinski definition) is 2. The van der Waals surface area contributed by atoms with Crippen LogP contribution in [0.2, 0.25) is 5.02 Å². The van der Waals surface area contributed by atoms with Crippen molar-refractivity contribution in [3.05, 3.63) is 76.8 Å². The largest absolute Gasteiger partial charge is 0.493 e. The first kappa shape index (κ1) is 27.9. The van der Waals surface area contributed by atoms with Crippen LogP contribution >= 0.6 is 11.6 Å². The van der Waals surface area contributed by atoms with Crippen molar-refractivity contribution in [2.45, 2.75) is 18.0 Å². The van der Waals surface area contributed by atoms with E-state index in [2.05, 4.69) is 20.7 Å². The van der Waals surface area contributed by atoms with Crippen LogP contribution in [0.3, 0.4) is 0 Å². The van der Waals surface area contributed by atoms with Crippen molar-refractivity contribution in [2.75, 3.05) is 39.1 Å². The van der Waals surface area contributed by atoms with Crippen molar-refractivity contribution in [2.24, 2.45) is 0 Å². The van der Waals surface area contributed by atoms with Gasteiger partial charge in [0.25, 0.3) is 10.0 Å². The number of methoxy groups -OCH3 is 4. The Kier molecular flexibility index (Phi) is 8.67. The molecular weight excluding hydrogens is 546 g/mol. The Hall–Kier alpha value is -4.16. The van der Waals surface area contributed by atoms with Gasteiger partial charge in [-0.2, -0.15) is 13.4 Å². The summed E-state index contributed by atoms with van der Waals surface area (Å²) in [5.41, 5.74) is 1.66. The molecule has 0 fully saturated rings. The lowest BCUT2D eigenvalue weighted by molar-refractivity contribution is 0.354. The third kappa shape index (κ3) is 6.29. The summed E-state index contributed by atoms with van der Waals surface area (Å²) in [6, 6.07) is 16.6. The van der Waals surface area contributed by atoms with Crippen molar-refractivity contribution < 1.29 is 27.4 Å². The Bertz CT molecular complexity index is 1540. The highest BCUT2D eigenvalue weighted by atomic mass is 35.5. The highest BCUT2D eigenvalue weighted by molar-refractivity contribution is 7.90. The van der Waals surface area contributed by atoms with Crippen LogP contribution in [0.25, 0.3) is 0 Å². The lowest BCUT2D eigenvalue weighted by Crippen LogP contribution is -2.18. The van der Waals surface area contributed by atoms with Crippen LogP contribution in [0.15, 0.2) is 65.6 Å². The molecule has 0 unspecified atom stereocenters. The predicted molar refractivity (Wildman–Crippen MR) is 148 cm³/mol. The SMILES string of the molecule is COc1ccc(CNc2nc(NCc3ccc(OC)c(OC)c3)n(S(=O)(=O)c3ccc(Cl)cc3)n2)cc1OC. The van der Waals surface area contributed by atoms with E-state index in [1.807, 2.05) is 18.2 Å². The zero-order valence-electron chi connectivity index (χ0n) is 21.8. The van der Waals surface area contributed by atoms with Crippen molar-refractivity contribution in [1.82, 2.24) is 14.2 Å². The van der Waals surface area contributed by atoms with E-state index in [0.717, 1.165) is 15.2 Å². The van der Waals surface area contributed by atoms with E-state index in [0.29, 0.717) is 34.6 Å². The molecule has 0 bridgehead atoms. The Balaban J connectivity index is 1.63. The maximum atomic E-state index is 13.5. The Morgan fingerprint density at radius 1 is 0.744 bits per heavy atom. The van der Waals surface area contributed by atoms with Gasteiger partial charge in [-0.1, -0.05) is 23.7 Å². The lowest BCUT2D eigenvalue weighted by Gasteiger charge is -2.11. The Labute approximate surface area is 231 Å². The van der Waals surface area contributed by atoms with Gasteiger partial charge in [-0.3, -0.25) is 0 Å². The molecule has 13 heteroatoms. The second kappa shape index (κ2) is 12.1. The van der Waals surface area contributed by atoms with E-state index < -0.39 is 10.0 Å². The summed E-state index contributed by atoms with van der Waals surface area (Å²) in [6.07, 6.45) is 0. The molecule has 1 aromatic heterocycles. The molecule has 4 rings (SSSR count). The summed E-state index contributed by atoms with van der Waals surface area (Å²) in [7, 11) is 2.11. The second-order valence-electron chi connectivity index (χ2n) is 8.15. The zero-order chi connectivity index (χ0) is 28.0. The Morgan fingerprint density at radius 3 is 1.77 bits per heavy atom. The van der Waals surface area contributed by atoms with Crippen LogP contribution in [0.1, 0.15) is 11.1 Å². The predicted octanol–water partition coefficient (Wildman–Crippen LogP) is 4.43. The fraction of sp³-hybridized carbons (Fsp3) is 0.231. The minimum absolute atomic E-state index is 0.0115. The number of ether oxygens (including phenoxy) is 4. The molecule has 1 heterocycles. The average Bonchev–Trinajstić information content (AvgIpc) is 3.38. The first-order chi connectivity index (χ1) is 18.8. The van der Waals surface area contributed by atoms with Gasteiger partial charge in [0.2, 0.25) is 11.9 Å². The number of halogens is 1. The molecule has 39 heavy (non-hydrogen) atoms. The maximum Gasteiger partial charge on any atom is 0.286 e. The smallest absolute Gasteiger partial charge is 0.286 e. The van der Waals surface area contributed by atoms with Crippen LogP contribution in [-0.4, -0.2) is 51.0 Å². The summed E-state index contributed by atoms with van der Waals surface area (Å²) < 4.78 is 49.1. The molecule has 206 valence electrons. The van der Waals surface area contributed by atoms with Crippen molar-refractivity contribution in [3.63, 3.8) is 0 Å². The lowest BCUT2D eigenvalue weighted by atomic mass is 10.2. The summed E-state index contributed by atoms with van der Waals surface area (Å²) in [4.78, 5) is 4.43. The molecule has 0 amide bonds. The zero-order valence-corrected chi connectivity index (χ0v) is 23.3. The minimum Gasteiger partial charge on any atom is -0.493 e. The molecular formula is C26H28ClN5O6S. The maximum absolute atomic E-state index is 13.5. The first-order valence-corrected chi connectivity index (χ1v) is 13.5. The molecule has 0 saturated heterocycles. The van der Waals surface area contributed by atoms with Crippen LogP contribution in [0, 0.1) is 0 Å². The monoisotopic (exact) mass is 573 g/mol. The molecule has 0 saturated carbocycles. The number of nitrogens with one attached hydrogen (secondary N) is 2. The number of benzene rings is 3. The molecule has 3 aromatic carbocycles. The summed E-state index contributed by atoms with van der Waals surface area (Å²) in [5.74, 6) is 2.42. The third-order valence-corrected chi connectivity index (χ3v) is 7.54. The molecule has 11 nitrogen and oxygen atoms in total. The average molecular weight is 574 g/mol. The summed E-state index contributed by atoms with van der Waals surface area (Å²) in [5, 5.41) is 10.8. The van der Waals surface area contributed by atoms with E-state index in [1.165, 1.54) is 24.3 Å². The number of nitrogens with zero attached hydrogens (tertiary/aromatic N) is 3. The van der Waals surface area contributed by atoms with E-state index in [1.54, 1.807) is 46.6 Å². The quantitative estimate of drug-likeness (QED) is 0.251. The molecule has 0 spiro atoms. The summed E-state index contributed by atoms with van der Waals surface area (Å²) >= 11 is 5.96. The van der Waals surface area contributed by atoms with Gasteiger partial charge in [0.1, 0.15) is 0 Å². The van der Waals surface area contributed by atoms with Gasteiger partial charge in [-0.25, -0.2) is 0 Å². The normalized spacial score (nSPS) is 11.1. The van der Waals surface area contributed by atoms with Gasteiger partial charge in [0.15, 0.2) is 23.0 Å². The van der Waals surface area contributed by atoms with Gasteiger partial charge in [-0.05, 0) is 59.7 Å². The number of hydrogen-bond acceptors (Lipinski definition) is 10. The van der Waals surface area contributed by atoms with Crippen LogP contribution in [0.5, 0.6) is 23.0 Å². The number of rotatable bonds is 12. The van der Waals surface area contributed by atoms with E-state index in [-0.39, 0.29) is 23.3 Å². The van der Waals surface area contributed by atoms with E-state index >= 15 is 0 Å². The minimum atomic E-state index is -4.10. The van der Waals surface area contributed by atoms with Gasteiger partial charge < -0.3 is 29.6 Å².